The number of fused-ring (bicyclic) bond motifs is 1. The molecule has 3 heterocycles. The molecule has 4 fully saturated rings. The van der Waals surface area contributed by atoms with Crippen molar-refractivity contribution in [2.24, 2.45) is 17.8 Å². The van der Waals surface area contributed by atoms with Crippen molar-refractivity contribution < 1.29 is 0 Å². The quantitative estimate of drug-likeness (QED) is 0.645. The van der Waals surface area contributed by atoms with Gasteiger partial charge in [0.05, 0.1) is 10.9 Å². The average molecular weight is 399 g/mol. The van der Waals surface area contributed by atoms with Crippen LogP contribution in [0.1, 0.15) is 43.4 Å². The smallest absolute Gasteiger partial charge is 0.268 e. The van der Waals surface area contributed by atoms with Crippen LogP contribution in [-0.4, -0.2) is 19.3 Å². The molecule has 140 valence electrons. The molecule has 4 saturated carbocycles. The lowest BCUT2D eigenvalue weighted by Crippen LogP contribution is -2.52. The van der Waals surface area contributed by atoms with Gasteiger partial charge in [0.1, 0.15) is 4.83 Å². The Kier molecular flexibility index (Phi) is 3.26. The molecule has 1 N–H and O–H groups in total. The summed E-state index contributed by atoms with van der Waals surface area (Å²) >= 11 is 7.07. The zero-order valence-corrected chi connectivity index (χ0v) is 16.9. The lowest BCUT2D eigenvalue weighted by molar-refractivity contribution is -0.0494. The van der Waals surface area contributed by atoms with Crippen molar-refractivity contribution in [2.75, 3.05) is 0 Å². The standard InChI is InChI=1S/C20H22N4OS2/c1-11-4-15-17(27-11)21-19(26)24(18(15)25)16-2-3-23(22-16)20-8-12-5-13(9-20)7-14(6-12)10-20/h2-4,12-14H,5-10H2,1H3,(H,21,26). The van der Waals surface area contributed by atoms with E-state index in [1.54, 1.807) is 15.9 Å². The van der Waals surface area contributed by atoms with Crippen LogP contribution in [0.15, 0.2) is 23.1 Å². The van der Waals surface area contributed by atoms with Crippen molar-refractivity contribution in [1.82, 2.24) is 19.3 Å². The zero-order valence-electron chi connectivity index (χ0n) is 15.3. The second kappa shape index (κ2) is 5.41. The van der Waals surface area contributed by atoms with E-state index in [4.69, 9.17) is 17.3 Å². The van der Waals surface area contributed by atoms with Crippen LogP contribution < -0.4 is 5.56 Å². The Hall–Kier alpha value is -1.73. The first kappa shape index (κ1) is 16.2. The van der Waals surface area contributed by atoms with E-state index in [2.05, 4.69) is 15.9 Å². The molecule has 0 aliphatic heterocycles. The third kappa shape index (κ3) is 2.30. The third-order valence-electron chi connectivity index (χ3n) is 7.01. The first-order valence-corrected chi connectivity index (χ1v) is 11.1. The van der Waals surface area contributed by atoms with Gasteiger partial charge in [-0.1, -0.05) is 0 Å². The number of rotatable bonds is 2. The molecule has 0 unspecified atom stereocenters. The van der Waals surface area contributed by atoms with Gasteiger partial charge in [0.15, 0.2) is 10.6 Å². The SMILES string of the molecule is Cc1cc2c(=O)n(-c3ccn(C45CC6CC(CC(C6)C4)C5)n3)c(=S)[nH]c2s1. The average Bonchev–Trinajstić information content (AvgIpc) is 3.21. The molecule has 0 amide bonds. The van der Waals surface area contributed by atoms with Crippen LogP contribution in [0.25, 0.3) is 16.0 Å². The summed E-state index contributed by atoms with van der Waals surface area (Å²) in [6, 6.07) is 3.88. The molecule has 0 radical (unpaired) electrons. The predicted molar refractivity (Wildman–Crippen MR) is 109 cm³/mol. The van der Waals surface area contributed by atoms with Crippen LogP contribution in [0.5, 0.6) is 0 Å². The summed E-state index contributed by atoms with van der Waals surface area (Å²) in [5, 5.41) is 5.59. The van der Waals surface area contributed by atoms with Crippen molar-refractivity contribution >= 4 is 33.8 Å². The molecule has 0 spiro atoms. The highest BCUT2D eigenvalue weighted by molar-refractivity contribution is 7.71. The lowest BCUT2D eigenvalue weighted by atomic mass is 9.53. The molecule has 0 saturated heterocycles. The van der Waals surface area contributed by atoms with Gasteiger partial charge in [-0.2, -0.15) is 5.10 Å². The van der Waals surface area contributed by atoms with E-state index in [0.29, 0.717) is 16.0 Å². The molecule has 7 heteroatoms. The Bertz CT molecular complexity index is 1150. The van der Waals surface area contributed by atoms with E-state index < -0.39 is 0 Å². The van der Waals surface area contributed by atoms with Gasteiger partial charge in [-0.3, -0.25) is 9.48 Å². The highest BCUT2D eigenvalue weighted by atomic mass is 32.1. The van der Waals surface area contributed by atoms with Crippen molar-refractivity contribution in [3.63, 3.8) is 0 Å². The molecule has 4 bridgehead atoms. The van der Waals surface area contributed by atoms with Crippen LogP contribution in [0.2, 0.25) is 0 Å². The molecular formula is C20H22N4OS2. The number of nitrogens with zero attached hydrogens (tertiary/aromatic N) is 3. The van der Waals surface area contributed by atoms with E-state index in [-0.39, 0.29) is 11.1 Å². The number of nitrogens with one attached hydrogen (secondary N) is 1. The number of hydrogen-bond acceptors (Lipinski definition) is 4. The Balaban J connectivity index is 1.47. The molecule has 3 aromatic heterocycles. The minimum absolute atomic E-state index is 0.0751. The fraction of sp³-hybridized carbons (Fsp3) is 0.550. The first-order chi connectivity index (χ1) is 13.0. The van der Waals surface area contributed by atoms with Gasteiger partial charge in [-0.15, -0.1) is 11.3 Å². The van der Waals surface area contributed by atoms with Crippen LogP contribution in [0, 0.1) is 29.4 Å². The molecule has 3 aromatic rings. The number of thiophene rings is 1. The third-order valence-corrected chi connectivity index (χ3v) is 8.26. The van der Waals surface area contributed by atoms with Crippen LogP contribution in [0.4, 0.5) is 0 Å². The highest BCUT2D eigenvalue weighted by Crippen LogP contribution is 2.58. The van der Waals surface area contributed by atoms with E-state index in [9.17, 15) is 4.79 Å². The molecular weight excluding hydrogens is 376 g/mol. The van der Waals surface area contributed by atoms with Gasteiger partial charge in [0.25, 0.3) is 5.56 Å². The highest BCUT2D eigenvalue weighted by Gasteiger charge is 2.52. The van der Waals surface area contributed by atoms with E-state index in [1.165, 1.54) is 38.5 Å². The number of aromatic nitrogens is 4. The van der Waals surface area contributed by atoms with Crippen molar-refractivity contribution in [3.8, 4) is 5.82 Å². The van der Waals surface area contributed by atoms with Gasteiger partial charge < -0.3 is 4.98 Å². The van der Waals surface area contributed by atoms with Crippen molar-refractivity contribution in [2.45, 2.75) is 51.0 Å². The monoisotopic (exact) mass is 398 g/mol. The zero-order chi connectivity index (χ0) is 18.3. The maximum Gasteiger partial charge on any atom is 0.268 e. The number of aryl methyl sites for hydroxylation is 1. The Morgan fingerprint density at radius 1 is 1.22 bits per heavy atom. The van der Waals surface area contributed by atoms with Gasteiger partial charge in [-0.25, -0.2) is 4.57 Å². The Morgan fingerprint density at radius 3 is 2.56 bits per heavy atom. The molecule has 4 aliphatic rings. The summed E-state index contributed by atoms with van der Waals surface area (Å²) in [4.78, 5) is 18.2. The van der Waals surface area contributed by atoms with Crippen LogP contribution in [0.3, 0.4) is 0 Å². The maximum absolute atomic E-state index is 13.1. The van der Waals surface area contributed by atoms with E-state index in [0.717, 1.165) is 27.5 Å². The lowest BCUT2D eigenvalue weighted by Gasteiger charge is -2.56. The number of H-pyrrole nitrogens is 1. The summed E-state index contributed by atoms with van der Waals surface area (Å²) < 4.78 is 4.16. The van der Waals surface area contributed by atoms with Gasteiger partial charge in [0, 0.05) is 17.1 Å². The topological polar surface area (TPSA) is 55.6 Å². The second-order valence-electron chi connectivity index (χ2n) is 8.93. The minimum atomic E-state index is -0.0751. The normalized spacial score (nSPS) is 31.8. The summed E-state index contributed by atoms with van der Waals surface area (Å²) in [6.45, 7) is 2.01. The Labute approximate surface area is 166 Å². The van der Waals surface area contributed by atoms with Crippen molar-refractivity contribution in [1.29, 1.82) is 0 Å². The second-order valence-corrected chi connectivity index (χ2v) is 10.6. The maximum atomic E-state index is 13.1. The van der Waals surface area contributed by atoms with Crippen LogP contribution >= 0.6 is 23.6 Å². The Morgan fingerprint density at radius 2 is 1.89 bits per heavy atom. The molecule has 5 nitrogen and oxygen atoms in total. The largest absolute Gasteiger partial charge is 0.323 e. The molecule has 7 rings (SSSR count). The first-order valence-electron chi connectivity index (χ1n) is 9.83. The predicted octanol–water partition coefficient (Wildman–Crippen LogP) is 4.54. The molecule has 27 heavy (non-hydrogen) atoms. The summed E-state index contributed by atoms with van der Waals surface area (Å²) in [7, 11) is 0. The van der Waals surface area contributed by atoms with E-state index >= 15 is 0 Å². The van der Waals surface area contributed by atoms with E-state index in [1.807, 2.05) is 19.1 Å². The molecule has 4 aliphatic carbocycles. The number of aromatic amines is 1. The summed E-state index contributed by atoms with van der Waals surface area (Å²) in [5.41, 5.74) is 0.0826. The molecule has 0 atom stereocenters. The minimum Gasteiger partial charge on any atom is -0.323 e. The summed E-state index contributed by atoms with van der Waals surface area (Å²) in [5.74, 6) is 3.22. The molecule has 0 aromatic carbocycles. The van der Waals surface area contributed by atoms with Gasteiger partial charge in [-0.05, 0) is 81.5 Å². The van der Waals surface area contributed by atoms with Gasteiger partial charge in [0.2, 0.25) is 0 Å². The van der Waals surface area contributed by atoms with Crippen LogP contribution in [-0.2, 0) is 5.54 Å². The van der Waals surface area contributed by atoms with Gasteiger partial charge >= 0.3 is 0 Å². The van der Waals surface area contributed by atoms with Crippen molar-refractivity contribution in [3.05, 3.63) is 38.3 Å². The number of hydrogen-bond donors (Lipinski definition) is 1. The fourth-order valence-corrected chi connectivity index (χ4v) is 7.63. The summed E-state index contributed by atoms with van der Waals surface area (Å²) in [6.07, 6.45) is 10.0. The fourth-order valence-electron chi connectivity index (χ4n) is 6.38.